The third kappa shape index (κ3) is 2.79. The molecule has 0 atom stereocenters. The zero-order valence-electron chi connectivity index (χ0n) is 12.8. The minimum atomic E-state index is 0.414. The Balaban J connectivity index is 1.50. The first kappa shape index (κ1) is 14.3. The molecule has 0 aliphatic rings. The third-order valence-corrected chi connectivity index (χ3v) is 3.46. The molecule has 0 aliphatic carbocycles. The number of aromatic nitrogens is 3. The highest BCUT2D eigenvalue weighted by atomic mass is 16.5. The van der Waals surface area contributed by atoms with Gasteiger partial charge in [0.05, 0.1) is 31.1 Å². The van der Waals surface area contributed by atoms with Crippen molar-refractivity contribution in [3.63, 3.8) is 0 Å². The van der Waals surface area contributed by atoms with Crippen LogP contribution in [0.2, 0.25) is 0 Å². The van der Waals surface area contributed by atoms with Gasteiger partial charge in [-0.25, -0.2) is 4.98 Å². The number of methoxy groups -OCH3 is 1. The smallest absolute Gasteiger partial charge is 0.261 e. The molecule has 120 valence electrons. The Morgan fingerprint density at radius 2 is 1.83 bits per heavy atom. The molecule has 0 unspecified atom stereocenters. The van der Waals surface area contributed by atoms with Crippen molar-refractivity contribution >= 4 is 0 Å². The molecule has 1 aromatic carbocycles. The Morgan fingerprint density at radius 1 is 0.958 bits per heavy atom. The predicted molar refractivity (Wildman–Crippen MR) is 83.3 cm³/mol. The van der Waals surface area contributed by atoms with E-state index in [0.717, 1.165) is 22.6 Å². The maximum Gasteiger partial charge on any atom is 0.261 e. The van der Waals surface area contributed by atoms with Gasteiger partial charge in [0, 0.05) is 5.56 Å². The minimum Gasteiger partial charge on any atom is -0.497 e. The number of ether oxygens (including phenoxy) is 1. The average molecular weight is 323 g/mol. The van der Waals surface area contributed by atoms with Gasteiger partial charge in [0.2, 0.25) is 5.89 Å². The Kier molecular flexibility index (Phi) is 3.59. The summed E-state index contributed by atoms with van der Waals surface area (Å²) in [6.07, 6.45) is 5.11. The molecule has 4 rings (SSSR count). The lowest BCUT2D eigenvalue weighted by Crippen LogP contribution is -1.91. The summed E-state index contributed by atoms with van der Waals surface area (Å²) >= 11 is 0. The van der Waals surface area contributed by atoms with E-state index in [1.54, 1.807) is 32.0 Å². The van der Waals surface area contributed by atoms with Gasteiger partial charge in [-0.1, -0.05) is 5.16 Å². The van der Waals surface area contributed by atoms with E-state index >= 15 is 0 Å². The van der Waals surface area contributed by atoms with Crippen molar-refractivity contribution in [1.82, 2.24) is 15.1 Å². The van der Waals surface area contributed by atoms with Gasteiger partial charge in [-0.15, -0.1) is 0 Å². The van der Waals surface area contributed by atoms with Crippen LogP contribution in [0.3, 0.4) is 0 Å². The van der Waals surface area contributed by atoms with Crippen molar-refractivity contribution in [3.05, 3.63) is 60.6 Å². The van der Waals surface area contributed by atoms with E-state index < -0.39 is 0 Å². The van der Waals surface area contributed by atoms with Crippen LogP contribution in [0.5, 0.6) is 5.75 Å². The van der Waals surface area contributed by atoms with Gasteiger partial charge in [-0.3, -0.25) is 0 Å². The van der Waals surface area contributed by atoms with Crippen LogP contribution < -0.4 is 4.74 Å². The van der Waals surface area contributed by atoms with E-state index in [4.69, 9.17) is 18.1 Å². The molecule has 4 aromatic rings. The molecule has 0 saturated heterocycles. The molecular weight excluding hydrogens is 310 g/mol. The molecule has 7 heteroatoms. The maximum atomic E-state index is 5.52. The normalized spacial score (nSPS) is 10.9. The van der Waals surface area contributed by atoms with Crippen LogP contribution in [0.25, 0.3) is 22.9 Å². The second-order valence-electron chi connectivity index (χ2n) is 5.08. The average Bonchev–Trinajstić information content (AvgIpc) is 3.37. The third-order valence-electron chi connectivity index (χ3n) is 3.46. The van der Waals surface area contributed by atoms with Gasteiger partial charge >= 0.3 is 0 Å². The quantitative estimate of drug-likeness (QED) is 0.554. The highest BCUT2D eigenvalue weighted by molar-refractivity contribution is 5.54. The van der Waals surface area contributed by atoms with Gasteiger partial charge in [-0.05, 0) is 30.3 Å². The summed E-state index contributed by atoms with van der Waals surface area (Å²) in [6.45, 7) is 0. The lowest BCUT2D eigenvalue weighted by atomic mass is 10.2. The van der Waals surface area contributed by atoms with E-state index in [1.165, 1.54) is 0 Å². The van der Waals surface area contributed by atoms with Crippen LogP contribution in [0.4, 0.5) is 0 Å². The van der Waals surface area contributed by atoms with E-state index in [-0.39, 0.29) is 0 Å². The van der Waals surface area contributed by atoms with Crippen molar-refractivity contribution in [1.29, 1.82) is 0 Å². The van der Waals surface area contributed by atoms with Crippen molar-refractivity contribution in [2.45, 2.75) is 6.42 Å². The van der Waals surface area contributed by atoms with E-state index in [2.05, 4.69) is 15.1 Å². The number of hydrogen-bond donors (Lipinski definition) is 0. The van der Waals surface area contributed by atoms with E-state index in [9.17, 15) is 0 Å². The first-order valence-corrected chi connectivity index (χ1v) is 7.26. The zero-order valence-corrected chi connectivity index (χ0v) is 12.8. The molecule has 0 amide bonds. The summed E-state index contributed by atoms with van der Waals surface area (Å²) in [4.78, 5) is 8.77. The zero-order chi connectivity index (χ0) is 16.4. The molecule has 0 radical (unpaired) electrons. The van der Waals surface area contributed by atoms with Crippen LogP contribution in [0.1, 0.15) is 11.5 Å². The number of nitrogens with zero attached hydrogens (tertiary/aromatic N) is 3. The molecule has 0 aliphatic heterocycles. The first-order chi connectivity index (χ1) is 11.8. The predicted octanol–water partition coefficient (Wildman–Crippen LogP) is 3.58. The van der Waals surface area contributed by atoms with Crippen molar-refractivity contribution in [2.24, 2.45) is 0 Å². The van der Waals surface area contributed by atoms with Crippen LogP contribution in [0.15, 0.2) is 62.5 Å². The fraction of sp³-hybridized carbons (Fsp3) is 0.118. The molecule has 0 spiro atoms. The number of hydrogen-bond acceptors (Lipinski definition) is 7. The standard InChI is InChI=1S/C17H13N3O4/c1-21-14-4-2-11(3-5-14)16-18-13(10-23-16)8-15-19-17(24-20-15)12-6-7-22-9-12/h2-7,9-10H,8H2,1H3. The Bertz CT molecular complexity index is 923. The summed E-state index contributed by atoms with van der Waals surface area (Å²) in [5, 5.41) is 3.95. The van der Waals surface area contributed by atoms with Gasteiger partial charge in [0.15, 0.2) is 5.82 Å². The second kappa shape index (κ2) is 6.04. The van der Waals surface area contributed by atoms with Gasteiger partial charge in [0.1, 0.15) is 18.3 Å². The van der Waals surface area contributed by atoms with Gasteiger partial charge in [0.25, 0.3) is 5.89 Å². The second-order valence-corrected chi connectivity index (χ2v) is 5.08. The SMILES string of the molecule is COc1ccc(-c2nc(Cc3noc(-c4ccoc4)n3)co2)cc1. The molecular formula is C17H13N3O4. The van der Waals surface area contributed by atoms with E-state index in [1.807, 2.05) is 24.3 Å². The van der Waals surface area contributed by atoms with Crippen molar-refractivity contribution in [2.75, 3.05) is 7.11 Å². The number of benzene rings is 1. The van der Waals surface area contributed by atoms with Crippen LogP contribution in [-0.2, 0) is 6.42 Å². The van der Waals surface area contributed by atoms with Crippen LogP contribution in [-0.4, -0.2) is 22.2 Å². The molecule has 24 heavy (non-hydrogen) atoms. The number of rotatable bonds is 5. The minimum absolute atomic E-state index is 0.414. The van der Waals surface area contributed by atoms with Gasteiger partial charge < -0.3 is 18.1 Å². The summed E-state index contributed by atoms with van der Waals surface area (Å²) in [5.41, 5.74) is 2.34. The fourth-order valence-corrected chi connectivity index (χ4v) is 2.25. The van der Waals surface area contributed by atoms with Gasteiger partial charge in [-0.2, -0.15) is 4.98 Å². The Morgan fingerprint density at radius 3 is 2.58 bits per heavy atom. The van der Waals surface area contributed by atoms with Crippen molar-refractivity contribution in [3.8, 4) is 28.7 Å². The Hall–Kier alpha value is -3.35. The number of furan rings is 1. The lowest BCUT2D eigenvalue weighted by Gasteiger charge is -1.99. The molecule has 7 nitrogen and oxygen atoms in total. The monoisotopic (exact) mass is 323 g/mol. The number of oxazole rings is 1. The van der Waals surface area contributed by atoms with Crippen LogP contribution >= 0.6 is 0 Å². The summed E-state index contributed by atoms with van der Waals surface area (Å²) in [5.74, 6) is 2.26. The maximum absolute atomic E-state index is 5.52. The molecule has 0 bridgehead atoms. The molecule has 0 N–H and O–H groups in total. The first-order valence-electron chi connectivity index (χ1n) is 7.26. The lowest BCUT2D eigenvalue weighted by molar-refractivity contribution is 0.415. The summed E-state index contributed by atoms with van der Waals surface area (Å²) in [6, 6.07) is 9.25. The highest BCUT2D eigenvalue weighted by Gasteiger charge is 2.13. The molecule has 0 fully saturated rings. The molecule has 3 heterocycles. The van der Waals surface area contributed by atoms with Crippen LogP contribution in [0, 0.1) is 0 Å². The van der Waals surface area contributed by atoms with E-state index in [0.29, 0.717) is 24.0 Å². The Labute approximate surface area is 136 Å². The summed E-state index contributed by atoms with van der Waals surface area (Å²) < 4.78 is 20.9. The molecule has 0 saturated carbocycles. The largest absolute Gasteiger partial charge is 0.497 e. The summed E-state index contributed by atoms with van der Waals surface area (Å²) in [7, 11) is 1.63. The topological polar surface area (TPSA) is 87.3 Å². The highest BCUT2D eigenvalue weighted by Crippen LogP contribution is 2.23. The fourth-order valence-electron chi connectivity index (χ4n) is 2.25. The molecule has 3 aromatic heterocycles. The van der Waals surface area contributed by atoms with Crippen molar-refractivity contribution < 1.29 is 18.1 Å².